The summed E-state index contributed by atoms with van der Waals surface area (Å²) < 4.78 is 5.48. The minimum Gasteiger partial charge on any atom is -0.494 e. The van der Waals surface area contributed by atoms with Gasteiger partial charge in [-0.25, -0.2) is 0 Å². The van der Waals surface area contributed by atoms with Crippen LogP contribution in [0.4, 0.5) is 5.69 Å². The SMILES string of the molecule is CCOc1ccc(N)c(SCc2ccc(Cl)c(Cl)c2)c1. The first-order valence-corrected chi connectivity index (χ1v) is 7.93. The lowest BCUT2D eigenvalue weighted by atomic mass is 10.2. The highest BCUT2D eigenvalue weighted by Gasteiger charge is 2.05. The summed E-state index contributed by atoms with van der Waals surface area (Å²) in [5.41, 5.74) is 7.83. The Balaban J connectivity index is 2.09. The van der Waals surface area contributed by atoms with Crippen LogP contribution in [0.5, 0.6) is 5.75 Å². The highest BCUT2D eigenvalue weighted by Crippen LogP contribution is 2.32. The molecule has 2 rings (SSSR count). The van der Waals surface area contributed by atoms with Crippen LogP contribution in [0, 0.1) is 0 Å². The summed E-state index contributed by atoms with van der Waals surface area (Å²) in [6, 6.07) is 11.3. The molecule has 0 saturated heterocycles. The summed E-state index contributed by atoms with van der Waals surface area (Å²) >= 11 is 13.6. The molecule has 0 fully saturated rings. The van der Waals surface area contributed by atoms with Crippen LogP contribution in [0.1, 0.15) is 12.5 Å². The van der Waals surface area contributed by atoms with Crippen molar-refractivity contribution in [2.45, 2.75) is 17.6 Å². The molecule has 0 radical (unpaired) electrons. The molecular formula is C15H15Cl2NOS. The van der Waals surface area contributed by atoms with E-state index in [2.05, 4.69) is 0 Å². The Bertz CT molecular complexity index is 604. The lowest BCUT2D eigenvalue weighted by molar-refractivity contribution is 0.339. The molecule has 0 bridgehead atoms. The van der Waals surface area contributed by atoms with Gasteiger partial charge in [-0.1, -0.05) is 29.3 Å². The second kappa shape index (κ2) is 7.11. The molecule has 2 aromatic carbocycles. The van der Waals surface area contributed by atoms with Crippen LogP contribution in [-0.4, -0.2) is 6.61 Å². The van der Waals surface area contributed by atoms with E-state index in [-0.39, 0.29) is 0 Å². The van der Waals surface area contributed by atoms with E-state index in [9.17, 15) is 0 Å². The fourth-order valence-electron chi connectivity index (χ4n) is 1.69. The molecule has 0 unspecified atom stereocenters. The molecule has 5 heteroatoms. The molecule has 0 aliphatic heterocycles. The maximum atomic E-state index is 6.01. The number of hydrogen-bond acceptors (Lipinski definition) is 3. The van der Waals surface area contributed by atoms with Crippen LogP contribution in [0.25, 0.3) is 0 Å². The Morgan fingerprint density at radius 3 is 2.60 bits per heavy atom. The van der Waals surface area contributed by atoms with Crippen LogP contribution in [0.2, 0.25) is 10.0 Å². The molecule has 0 aliphatic rings. The van der Waals surface area contributed by atoms with Gasteiger partial charge in [0, 0.05) is 16.3 Å². The van der Waals surface area contributed by atoms with Gasteiger partial charge in [0.15, 0.2) is 0 Å². The van der Waals surface area contributed by atoms with Gasteiger partial charge in [0.2, 0.25) is 0 Å². The Labute approximate surface area is 133 Å². The number of benzene rings is 2. The van der Waals surface area contributed by atoms with Crippen LogP contribution < -0.4 is 10.5 Å². The third-order valence-corrected chi connectivity index (χ3v) is 4.56. The number of hydrogen-bond donors (Lipinski definition) is 1. The second-order valence-electron chi connectivity index (χ2n) is 4.17. The average Bonchev–Trinajstić information content (AvgIpc) is 2.43. The van der Waals surface area contributed by atoms with Crippen molar-refractivity contribution in [1.29, 1.82) is 0 Å². The summed E-state index contributed by atoms with van der Waals surface area (Å²) in [7, 11) is 0. The lowest BCUT2D eigenvalue weighted by Gasteiger charge is -2.09. The summed E-state index contributed by atoms with van der Waals surface area (Å²) in [5.74, 6) is 1.61. The molecule has 0 saturated carbocycles. The van der Waals surface area contributed by atoms with E-state index in [1.54, 1.807) is 17.8 Å². The number of anilines is 1. The quantitative estimate of drug-likeness (QED) is 0.600. The van der Waals surface area contributed by atoms with E-state index in [0.717, 1.165) is 27.6 Å². The van der Waals surface area contributed by atoms with Gasteiger partial charge in [-0.2, -0.15) is 0 Å². The van der Waals surface area contributed by atoms with Crippen molar-refractivity contribution in [2.24, 2.45) is 0 Å². The zero-order chi connectivity index (χ0) is 14.5. The molecule has 0 atom stereocenters. The number of ether oxygens (including phenoxy) is 1. The van der Waals surface area contributed by atoms with Gasteiger partial charge in [0.25, 0.3) is 0 Å². The molecule has 0 heterocycles. The van der Waals surface area contributed by atoms with Gasteiger partial charge >= 0.3 is 0 Å². The summed E-state index contributed by atoms with van der Waals surface area (Å²) in [6.07, 6.45) is 0. The topological polar surface area (TPSA) is 35.2 Å². The van der Waals surface area contributed by atoms with E-state index in [4.69, 9.17) is 33.7 Å². The first-order chi connectivity index (χ1) is 9.60. The molecule has 0 spiro atoms. The molecule has 106 valence electrons. The standard InChI is InChI=1S/C15H15Cl2NOS/c1-2-19-11-4-6-14(18)15(8-11)20-9-10-3-5-12(16)13(17)7-10/h3-8H,2,9,18H2,1H3. The number of halogens is 2. The van der Waals surface area contributed by atoms with Crippen molar-refractivity contribution < 1.29 is 4.74 Å². The predicted molar refractivity (Wildman–Crippen MR) is 88.0 cm³/mol. The first kappa shape index (κ1) is 15.4. The van der Waals surface area contributed by atoms with E-state index in [1.807, 2.05) is 37.3 Å². The largest absolute Gasteiger partial charge is 0.494 e. The van der Waals surface area contributed by atoms with E-state index in [1.165, 1.54) is 0 Å². The molecule has 2 aromatic rings. The van der Waals surface area contributed by atoms with Gasteiger partial charge in [-0.15, -0.1) is 11.8 Å². The van der Waals surface area contributed by atoms with Crippen molar-refractivity contribution in [3.63, 3.8) is 0 Å². The predicted octanol–water partition coefficient (Wildman–Crippen LogP) is 5.27. The van der Waals surface area contributed by atoms with Crippen LogP contribution in [0.3, 0.4) is 0 Å². The molecule has 0 aromatic heterocycles. The Hall–Kier alpha value is -1.03. The lowest BCUT2D eigenvalue weighted by Crippen LogP contribution is -1.94. The zero-order valence-electron chi connectivity index (χ0n) is 11.0. The highest BCUT2D eigenvalue weighted by molar-refractivity contribution is 7.98. The van der Waals surface area contributed by atoms with Crippen LogP contribution in [-0.2, 0) is 5.75 Å². The zero-order valence-corrected chi connectivity index (χ0v) is 13.4. The van der Waals surface area contributed by atoms with Gasteiger partial charge in [-0.3, -0.25) is 0 Å². The fourth-order valence-corrected chi connectivity index (χ4v) is 2.94. The van der Waals surface area contributed by atoms with Crippen LogP contribution >= 0.6 is 35.0 Å². The first-order valence-electron chi connectivity index (χ1n) is 6.19. The fraction of sp³-hybridized carbons (Fsp3) is 0.200. The third kappa shape index (κ3) is 3.98. The van der Waals surface area contributed by atoms with Gasteiger partial charge in [-0.05, 0) is 42.8 Å². The molecule has 2 nitrogen and oxygen atoms in total. The number of thioether (sulfide) groups is 1. The number of nitrogens with two attached hydrogens (primary N) is 1. The Morgan fingerprint density at radius 2 is 1.90 bits per heavy atom. The van der Waals surface area contributed by atoms with Crippen molar-refractivity contribution >= 4 is 40.7 Å². The minimum atomic E-state index is 0.568. The van der Waals surface area contributed by atoms with Crippen LogP contribution in [0.15, 0.2) is 41.3 Å². The van der Waals surface area contributed by atoms with Crippen molar-refractivity contribution in [3.8, 4) is 5.75 Å². The van der Waals surface area contributed by atoms with Gasteiger partial charge in [0.05, 0.1) is 16.7 Å². The molecular weight excluding hydrogens is 313 g/mol. The number of rotatable bonds is 5. The van der Waals surface area contributed by atoms with Gasteiger partial charge in [0.1, 0.15) is 5.75 Å². The maximum absolute atomic E-state index is 6.01. The van der Waals surface area contributed by atoms with Crippen molar-refractivity contribution in [2.75, 3.05) is 12.3 Å². The summed E-state index contributed by atoms with van der Waals surface area (Å²) in [4.78, 5) is 1.00. The van der Waals surface area contributed by atoms with E-state index in [0.29, 0.717) is 16.7 Å². The monoisotopic (exact) mass is 327 g/mol. The normalized spacial score (nSPS) is 10.6. The van der Waals surface area contributed by atoms with Crippen molar-refractivity contribution in [3.05, 3.63) is 52.0 Å². The molecule has 0 amide bonds. The van der Waals surface area contributed by atoms with Crippen molar-refractivity contribution in [1.82, 2.24) is 0 Å². The minimum absolute atomic E-state index is 0.568. The Kier molecular flexibility index (Phi) is 5.46. The third-order valence-electron chi connectivity index (χ3n) is 2.67. The molecule has 0 aliphatic carbocycles. The number of nitrogen functional groups attached to an aromatic ring is 1. The second-order valence-corrected chi connectivity index (χ2v) is 6.00. The maximum Gasteiger partial charge on any atom is 0.120 e. The van der Waals surface area contributed by atoms with Gasteiger partial charge < -0.3 is 10.5 Å². The summed E-state index contributed by atoms with van der Waals surface area (Å²) in [6.45, 7) is 2.60. The smallest absolute Gasteiger partial charge is 0.120 e. The van der Waals surface area contributed by atoms with E-state index >= 15 is 0 Å². The highest BCUT2D eigenvalue weighted by atomic mass is 35.5. The Morgan fingerprint density at radius 1 is 1.10 bits per heavy atom. The summed E-state index contributed by atoms with van der Waals surface area (Å²) in [5, 5.41) is 1.14. The van der Waals surface area contributed by atoms with E-state index < -0.39 is 0 Å². The molecule has 2 N–H and O–H groups in total. The average molecular weight is 328 g/mol. The molecule has 20 heavy (non-hydrogen) atoms.